The van der Waals surface area contributed by atoms with Gasteiger partial charge in [-0.15, -0.1) is 0 Å². The van der Waals surface area contributed by atoms with E-state index < -0.39 is 0 Å². The minimum atomic E-state index is -0.171. The molecule has 0 nitrogen and oxygen atoms in total. The summed E-state index contributed by atoms with van der Waals surface area (Å²) in [6, 6.07) is 18.0. The van der Waals surface area contributed by atoms with Crippen molar-refractivity contribution in [2.75, 3.05) is 0 Å². The van der Waals surface area contributed by atoms with Gasteiger partial charge in [0.2, 0.25) is 0 Å². The Balaban J connectivity index is -0.0000000810. The Morgan fingerprint density at radius 2 is 0.757 bits per heavy atom. The van der Waals surface area contributed by atoms with Gasteiger partial charge in [-0.05, 0) is 69.2 Å². The molecule has 3 aromatic rings. The lowest BCUT2D eigenvalue weighted by Gasteiger charge is -1.95. The number of benzene rings is 3. The molecule has 0 fully saturated rings. The zero-order valence-corrected chi connectivity index (χ0v) is 27.0. The Morgan fingerprint density at radius 1 is 0.378 bits per heavy atom. The molecular weight excluding hydrogens is 465 g/mol. The topological polar surface area (TPSA) is 0 Å². The minimum Gasteiger partial charge on any atom is -0.207 e. The summed E-state index contributed by atoms with van der Waals surface area (Å²) in [4.78, 5) is 0. The molecule has 3 aromatic carbocycles. The van der Waals surface area contributed by atoms with Crippen LogP contribution in [0.25, 0.3) is 0 Å². The first kappa shape index (κ1) is 47.6. The highest BCUT2D eigenvalue weighted by Crippen LogP contribution is 2.07. The molecular formula is C34H59F3. The molecule has 37 heavy (non-hydrogen) atoms. The smallest absolute Gasteiger partial charge is 0.126 e. The van der Waals surface area contributed by atoms with Crippen LogP contribution in [0.3, 0.4) is 0 Å². The van der Waals surface area contributed by atoms with E-state index >= 15 is 0 Å². The average Bonchev–Trinajstić information content (AvgIpc) is 2.95. The van der Waals surface area contributed by atoms with Crippen LogP contribution in [-0.2, 0) is 0 Å². The first-order chi connectivity index (χ1) is 17.8. The standard InChI is InChI=1S/C8H9F.2C7H7F.6C2H6/c1-6-3-4-8(9)7(2)5-6;1-6-2-4-7(8)5-3-6;1-6-3-2-4-7(8)5-6;6*1-2/h3-5H,1-2H3;2*2-5H,1H3;6*1-2H3. The zero-order valence-electron chi connectivity index (χ0n) is 27.0. The third-order valence-corrected chi connectivity index (χ3v) is 3.30. The van der Waals surface area contributed by atoms with Crippen LogP contribution in [0.4, 0.5) is 13.2 Å². The molecule has 0 aromatic heterocycles. The van der Waals surface area contributed by atoms with E-state index in [1.807, 2.05) is 116 Å². The minimum absolute atomic E-state index is 0.124. The normalized spacial score (nSPS) is 7.32. The van der Waals surface area contributed by atoms with Crippen LogP contribution in [0.1, 0.15) is 105 Å². The van der Waals surface area contributed by atoms with Gasteiger partial charge in [0.15, 0.2) is 0 Å². The highest BCUT2D eigenvalue weighted by Gasteiger charge is 1.93. The summed E-state index contributed by atoms with van der Waals surface area (Å²) in [5, 5.41) is 0. The monoisotopic (exact) mass is 524 g/mol. The summed E-state index contributed by atoms with van der Waals surface area (Å²) in [6.45, 7) is 31.5. The molecule has 3 rings (SSSR count). The Bertz CT molecular complexity index is 741. The molecule has 0 N–H and O–H groups in total. The van der Waals surface area contributed by atoms with Crippen molar-refractivity contribution in [3.8, 4) is 0 Å². The van der Waals surface area contributed by atoms with Gasteiger partial charge < -0.3 is 0 Å². The van der Waals surface area contributed by atoms with Crippen molar-refractivity contribution in [3.63, 3.8) is 0 Å². The van der Waals surface area contributed by atoms with Crippen molar-refractivity contribution < 1.29 is 13.2 Å². The lowest BCUT2D eigenvalue weighted by atomic mass is 10.1. The largest absolute Gasteiger partial charge is 0.207 e. The Labute approximate surface area is 230 Å². The third kappa shape index (κ3) is 35.7. The van der Waals surface area contributed by atoms with Gasteiger partial charge in [-0.2, -0.15) is 0 Å². The van der Waals surface area contributed by atoms with E-state index in [9.17, 15) is 13.2 Å². The van der Waals surface area contributed by atoms with E-state index in [0.29, 0.717) is 0 Å². The van der Waals surface area contributed by atoms with Crippen LogP contribution in [0, 0.1) is 45.1 Å². The molecule has 216 valence electrons. The van der Waals surface area contributed by atoms with Crippen molar-refractivity contribution in [1.29, 1.82) is 0 Å². The highest BCUT2D eigenvalue weighted by atomic mass is 19.1. The van der Waals surface area contributed by atoms with Crippen LogP contribution in [0.15, 0.2) is 66.7 Å². The van der Waals surface area contributed by atoms with Crippen molar-refractivity contribution in [2.45, 2.75) is 111 Å². The van der Waals surface area contributed by atoms with Gasteiger partial charge in [-0.25, -0.2) is 13.2 Å². The molecule has 0 aliphatic rings. The molecule has 0 heterocycles. The molecule has 0 saturated heterocycles. The first-order valence-corrected chi connectivity index (χ1v) is 13.9. The van der Waals surface area contributed by atoms with E-state index in [2.05, 4.69) is 0 Å². The van der Waals surface area contributed by atoms with Gasteiger partial charge in [-0.1, -0.05) is 131 Å². The van der Waals surface area contributed by atoms with Crippen LogP contribution >= 0.6 is 0 Å². The van der Waals surface area contributed by atoms with E-state index in [-0.39, 0.29) is 17.5 Å². The Morgan fingerprint density at radius 3 is 1.03 bits per heavy atom. The van der Waals surface area contributed by atoms with Crippen molar-refractivity contribution in [2.24, 2.45) is 0 Å². The SMILES string of the molecule is CC.CC.CC.CC.CC.CC.Cc1ccc(F)c(C)c1.Cc1ccc(F)cc1.Cc1cccc(F)c1. The molecule has 0 amide bonds. The second kappa shape index (κ2) is 40.6. The maximum absolute atomic E-state index is 12.5. The van der Waals surface area contributed by atoms with Gasteiger partial charge in [0.1, 0.15) is 17.5 Å². The summed E-state index contributed by atoms with van der Waals surface area (Å²) in [5.74, 6) is -0.457. The van der Waals surface area contributed by atoms with Crippen LogP contribution in [0.5, 0.6) is 0 Å². The van der Waals surface area contributed by atoms with E-state index in [0.717, 1.165) is 22.3 Å². The zero-order chi connectivity index (χ0) is 30.8. The molecule has 0 spiro atoms. The fourth-order valence-corrected chi connectivity index (χ4v) is 1.93. The van der Waals surface area contributed by atoms with Gasteiger partial charge in [0, 0.05) is 0 Å². The Kier molecular flexibility index (Phi) is 52.3. The number of halogens is 3. The maximum atomic E-state index is 12.5. The van der Waals surface area contributed by atoms with E-state index in [4.69, 9.17) is 0 Å². The maximum Gasteiger partial charge on any atom is 0.126 e. The van der Waals surface area contributed by atoms with Crippen LogP contribution < -0.4 is 0 Å². The number of rotatable bonds is 0. The summed E-state index contributed by atoms with van der Waals surface area (Å²) in [6.07, 6.45) is 0. The molecule has 0 saturated carbocycles. The first-order valence-electron chi connectivity index (χ1n) is 13.9. The van der Waals surface area contributed by atoms with E-state index in [1.165, 1.54) is 30.3 Å². The summed E-state index contributed by atoms with van der Waals surface area (Å²) in [7, 11) is 0. The van der Waals surface area contributed by atoms with Gasteiger partial charge in [-0.3, -0.25) is 0 Å². The summed E-state index contributed by atoms with van der Waals surface area (Å²) in [5.41, 5.74) is 3.88. The van der Waals surface area contributed by atoms with Crippen molar-refractivity contribution in [1.82, 2.24) is 0 Å². The van der Waals surface area contributed by atoms with Crippen LogP contribution in [-0.4, -0.2) is 0 Å². The van der Waals surface area contributed by atoms with Crippen molar-refractivity contribution >= 4 is 0 Å². The molecule has 0 aliphatic carbocycles. The lowest BCUT2D eigenvalue weighted by Crippen LogP contribution is -1.81. The van der Waals surface area contributed by atoms with Crippen LogP contribution in [0.2, 0.25) is 0 Å². The molecule has 0 aliphatic heterocycles. The average molecular weight is 525 g/mol. The summed E-state index contributed by atoms with van der Waals surface area (Å²) < 4.78 is 36.8. The predicted octanol–water partition coefficient (Wildman–Crippen LogP) is 12.9. The van der Waals surface area contributed by atoms with Gasteiger partial charge >= 0.3 is 0 Å². The van der Waals surface area contributed by atoms with E-state index in [1.54, 1.807) is 31.2 Å². The predicted molar refractivity (Wildman–Crippen MR) is 166 cm³/mol. The molecule has 0 atom stereocenters. The van der Waals surface area contributed by atoms with Gasteiger partial charge in [0.25, 0.3) is 0 Å². The molecule has 0 radical (unpaired) electrons. The van der Waals surface area contributed by atoms with Crippen molar-refractivity contribution in [3.05, 3.63) is 106 Å². The number of hydrogen-bond donors (Lipinski definition) is 0. The molecule has 0 unspecified atom stereocenters. The fraction of sp³-hybridized carbons (Fsp3) is 0.471. The lowest BCUT2D eigenvalue weighted by molar-refractivity contribution is 0.618. The second-order valence-electron chi connectivity index (χ2n) is 5.85. The van der Waals surface area contributed by atoms with Gasteiger partial charge in [0.05, 0.1) is 0 Å². The number of hydrogen-bond acceptors (Lipinski definition) is 0. The highest BCUT2D eigenvalue weighted by molar-refractivity contribution is 5.22. The third-order valence-electron chi connectivity index (χ3n) is 3.30. The number of aryl methyl sites for hydroxylation is 4. The second-order valence-corrected chi connectivity index (χ2v) is 5.85. The molecule has 0 bridgehead atoms. The molecule has 3 heteroatoms. The Hall–Kier alpha value is -2.55. The summed E-state index contributed by atoms with van der Waals surface area (Å²) >= 11 is 0. The quantitative estimate of drug-likeness (QED) is 0.274. The fourth-order valence-electron chi connectivity index (χ4n) is 1.93.